The predicted octanol–water partition coefficient (Wildman–Crippen LogP) is 2.01. The zero-order valence-corrected chi connectivity index (χ0v) is 10.7. The largest absolute Gasteiger partial charge is 0.379 e. The molecule has 5 heteroatoms. The van der Waals surface area contributed by atoms with Crippen LogP contribution in [0.2, 0.25) is 0 Å². The van der Waals surface area contributed by atoms with Crippen LogP contribution in [0.15, 0.2) is 0 Å². The fourth-order valence-corrected chi connectivity index (χ4v) is 2.15. The van der Waals surface area contributed by atoms with E-state index in [0.717, 1.165) is 11.5 Å². The molecule has 0 aromatic carbocycles. The molecule has 2 unspecified atom stereocenters. The van der Waals surface area contributed by atoms with E-state index < -0.39 is 0 Å². The van der Waals surface area contributed by atoms with E-state index in [2.05, 4.69) is 12.1 Å². The second kappa shape index (κ2) is 10.2. The molecule has 0 radical (unpaired) electrons. The van der Waals surface area contributed by atoms with E-state index in [1.165, 1.54) is 0 Å². The molecular formula is C10H16N2OS2. The van der Waals surface area contributed by atoms with Crippen LogP contribution in [0.3, 0.4) is 0 Å². The number of hydrogen-bond donors (Lipinski definition) is 0. The number of hydrogen-bond acceptors (Lipinski definition) is 5. The standard InChI is InChI=1S/C10H16N2OS2/c1-14-7-9(3-11)5-13-6-10(4-12)8-15-2/h9-10H,5-8H2,1-2H3. The molecule has 0 fully saturated rings. The van der Waals surface area contributed by atoms with Gasteiger partial charge in [0.1, 0.15) is 0 Å². The van der Waals surface area contributed by atoms with Crippen molar-refractivity contribution in [1.82, 2.24) is 0 Å². The Hall–Kier alpha value is -0.360. The van der Waals surface area contributed by atoms with Crippen LogP contribution in [0.4, 0.5) is 0 Å². The molecule has 2 atom stereocenters. The maximum Gasteiger partial charge on any atom is 0.0787 e. The third kappa shape index (κ3) is 7.56. The first-order valence-corrected chi connectivity index (χ1v) is 7.42. The Morgan fingerprint density at radius 1 is 1.00 bits per heavy atom. The highest BCUT2D eigenvalue weighted by molar-refractivity contribution is 7.98. The predicted molar refractivity (Wildman–Crippen MR) is 65.8 cm³/mol. The lowest BCUT2D eigenvalue weighted by molar-refractivity contribution is 0.106. The number of thioether (sulfide) groups is 2. The summed E-state index contributed by atoms with van der Waals surface area (Å²) in [5.74, 6) is 1.45. The maximum atomic E-state index is 8.77. The Morgan fingerprint density at radius 2 is 1.40 bits per heavy atom. The number of nitrogens with zero attached hydrogens (tertiary/aromatic N) is 2. The van der Waals surface area contributed by atoms with Gasteiger partial charge in [0.25, 0.3) is 0 Å². The molecule has 0 heterocycles. The van der Waals surface area contributed by atoms with Crippen LogP contribution >= 0.6 is 23.5 Å². The highest BCUT2D eigenvalue weighted by atomic mass is 32.2. The van der Waals surface area contributed by atoms with Gasteiger partial charge in [0, 0.05) is 11.5 Å². The summed E-state index contributed by atoms with van der Waals surface area (Å²) < 4.78 is 5.37. The van der Waals surface area contributed by atoms with E-state index in [9.17, 15) is 0 Å². The lowest BCUT2D eigenvalue weighted by Gasteiger charge is -2.11. The van der Waals surface area contributed by atoms with Gasteiger partial charge >= 0.3 is 0 Å². The summed E-state index contributed by atoms with van der Waals surface area (Å²) in [6.45, 7) is 0.869. The molecule has 15 heavy (non-hydrogen) atoms. The fourth-order valence-electron chi connectivity index (χ4n) is 1.00. The van der Waals surface area contributed by atoms with Crippen LogP contribution < -0.4 is 0 Å². The van der Waals surface area contributed by atoms with Crippen molar-refractivity contribution >= 4 is 23.5 Å². The van der Waals surface area contributed by atoms with Crippen molar-refractivity contribution in [2.75, 3.05) is 37.2 Å². The first kappa shape index (κ1) is 14.6. The summed E-state index contributed by atoms with van der Waals surface area (Å²) in [7, 11) is 0. The molecule has 0 amide bonds. The summed E-state index contributed by atoms with van der Waals surface area (Å²) in [5, 5.41) is 17.5. The van der Waals surface area contributed by atoms with Gasteiger partial charge in [-0.2, -0.15) is 34.0 Å². The van der Waals surface area contributed by atoms with Crippen LogP contribution in [0.25, 0.3) is 0 Å². The molecule has 0 N–H and O–H groups in total. The molecule has 0 saturated carbocycles. The minimum atomic E-state index is -0.0615. The van der Waals surface area contributed by atoms with Crippen molar-refractivity contribution in [2.45, 2.75) is 0 Å². The molecule has 0 aromatic rings. The first-order valence-electron chi connectivity index (χ1n) is 4.63. The Morgan fingerprint density at radius 3 is 1.67 bits per heavy atom. The first-order chi connectivity index (χ1) is 7.28. The van der Waals surface area contributed by atoms with E-state index in [1.54, 1.807) is 23.5 Å². The Labute approximate surface area is 100 Å². The fraction of sp³-hybridized carbons (Fsp3) is 0.800. The average molecular weight is 244 g/mol. The lowest BCUT2D eigenvalue weighted by Crippen LogP contribution is -2.16. The van der Waals surface area contributed by atoms with Crippen molar-refractivity contribution < 1.29 is 4.74 Å². The molecule has 0 aliphatic rings. The molecular weight excluding hydrogens is 228 g/mol. The average Bonchev–Trinajstić information content (AvgIpc) is 2.26. The normalized spacial score (nSPS) is 13.9. The third-order valence-electron chi connectivity index (χ3n) is 1.74. The van der Waals surface area contributed by atoms with E-state index in [1.807, 2.05) is 12.5 Å². The summed E-state index contributed by atoms with van der Waals surface area (Å²) in [5.41, 5.74) is 0. The minimum absolute atomic E-state index is 0.0615. The number of ether oxygens (including phenoxy) is 1. The molecule has 84 valence electrons. The van der Waals surface area contributed by atoms with Crippen molar-refractivity contribution in [3.05, 3.63) is 0 Å². The monoisotopic (exact) mass is 244 g/mol. The van der Waals surface area contributed by atoms with Crippen LogP contribution in [0.1, 0.15) is 0 Å². The molecule has 0 spiro atoms. The molecule has 0 bridgehead atoms. The highest BCUT2D eigenvalue weighted by Crippen LogP contribution is 2.08. The van der Waals surface area contributed by atoms with E-state index >= 15 is 0 Å². The summed E-state index contributed by atoms with van der Waals surface area (Å²) in [6.07, 6.45) is 3.94. The summed E-state index contributed by atoms with van der Waals surface area (Å²) in [4.78, 5) is 0. The number of rotatable bonds is 8. The Balaban J connectivity index is 3.67. The van der Waals surface area contributed by atoms with Crippen molar-refractivity contribution in [3.63, 3.8) is 0 Å². The molecule has 0 rings (SSSR count). The van der Waals surface area contributed by atoms with Gasteiger partial charge in [-0.3, -0.25) is 0 Å². The zero-order valence-electron chi connectivity index (χ0n) is 9.10. The van der Waals surface area contributed by atoms with Gasteiger partial charge in [-0.1, -0.05) is 0 Å². The van der Waals surface area contributed by atoms with Gasteiger partial charge in [-0.25, -0.2) is 0 Å². The van der Waals surface area contributed by atoms with Crippen LogP contribution in [-0.2, 0) is 4.74 Å². The van der Waals surface area contributed by atoms with Gasteiger partial charge in [0.15, 0.2) is 0 Å². The highest BCUT2D eigenvalue weighted by Gasteiger charge is 2.10. The van der Waals surface area contributed by atoms with Gasteiger partial charge in [0.05, 0.1) is 37.2 Å². The third-order valence-corrected chi connectivity index (χ3v) is 3.21. The van der Waals surface area contributed by atoms with E-state index in [-0.39, 0.29) is 11.8 Å². The molecule has 3 nitrogen and oxygen atoms in total. The lowest BCUT2D eigenvalue weighted by atomic mass is 10.2. The van der Waals surface area contributed by atoms with Gasteiger partial charge < -0.3 is 4.74 Å². The smallest absolute Gasteiger partial charge is 0.0787 e. The Bertz CT molecular complexity index is 211. The SMILES string of the molecule is CSCC(C#N)COCC(C#N)CSC. The van der Waals surface area contributed by atoms with Gasteiger partial charge in [0.2, 0.25) is 0 Å². The van der Waals surface area contributed by atoms with Crippen LogP contribution in [-0.4, -0.2) is 37.2 Å². The van der Waals surface area contributed by atoms with Crippen LogP contribution in [0.5, 0.6) is 0 Å². The van der Waals surface area contributed by atoms with E-state index in [0.29, 0.717) is 13.2 Å². The van der Waals surface area contributed by atoms with Crippen molar-refractivity contribution in [3.8, 4) is 12.1 Å². The van der Waals surface area contributed by atoms with Gasteiger partial charge in [-0.15, -0.1) is 0 Å². The minimum Gasteiger partial charge on any atom is -0.379 e. The number of nitriles is 2. The van der Waals surface area contributed by atoms with Gasteiger partial charge in [-0.05, 0) is 12.5 Å². The molecule has 0 aliphatic carbocycles. The molecule has 0 aliphatic heterocycles. The Kier molecular flexibility index (Phi) is 9.92. The summed E-state index contributed by atoms with van der Waals surface area (Å²) >= 11 is 3.28. The van der Waals surface area contributed by atoms with E-state index in [4.69, 9.17) is 15.3 Å². The second-order valence-electron chi connectivity index (χ2n) is 3.10. The zero-order chi connectivity index (χ0) is 11.5. The molecule has 0 aromatic heterocycles. The summed E-state index contributed by atoms with van der Waals surface area (Å²) in [6, 6.07) is 4.39. The quantitative estimate of drug-likeness (QED) is 0.653. The van der Waals surface area contributed by atoms with Crippen LogP contribution in [0, 0.1) is 34.5 Å². The maximum absolute atomic E-state index is 8.77. The molecule has 0 saturated heterocycles. The topological polar surface area (TPSA) is 56.8 Å². The van der Waals surface area contributed by atoms with Crippen molar-refractivity contribution in [1.29, 1.82) is 10.5 Å². The second-order valence-corrected chi connectivity index (χ2v) is 4.92. The van der Waals surface area contributed by atoms with Crippen molar-refractivity contribution in [2.24, 2.45) is 11.8 Å².